The molecule has 1 aromatic heterocycles. The minimum absolute atomic E-state index is 0.255. The van der Waals surface area contributed by atoms with Crippen LogP contribution >= 0.6 is 11.3 Å². The fourth-order valence-electron chi connectivity index (χ4n) is 2.32. The third-order valence-electron chi connectivity index (χ3n) is 3.87. The van der Waals surface area contributed by atoms with E-state index in [1.54, 1.807) is 0 Å². The van der Waals surface area contributed by atoms with Crippen LogP contribution in [0.4, 0.5) is 9.93 Å². The van der Waals surface area contributed by atoms with Gasteiger partial charge in [-0.1, -0.05) is 55.9 Å². The molecular weight excluding hydrogens is 334 g/mol. The predicted molar refractivity (Wildman–Crippen MR) is 103 cm³/mol. The zero-order valence-corrected chi connectivity index (χ0v) is 16.0. The molecule has 1 heterocycles. The Bertz CT molecular complexity index is 673. The molecule has 0 saturated heterocycles. The summed E-state index contributed by atoms with van der Waals surface area (Å²) in [6.45, 7) is 6.67. The maximum Gasteiger partial charge on any atom is 0.321 e. The van der Waals surface area contributed by atoms with E-state index in [1.807, 2.05) is 12.1 Å². The first-order valence-electron chi connectivity index (χ1n) is 8.74. The van der Waals surface area contributed by atoms with Crippen LogP contribution in [0.3, 0.4) is 0 Å². The van der Waals surface area contributed by atoms with Gasteiger partial charge >= 0.3 is 6.03 Å². The molecule has 0 aliphatic rings. The van der Waals surface area contributed by atoms with Gasteiger partial charge in [0.1, 0.15) is 5.01 Å². The van der Waals surface area contributed by atoms with Gasteiger partial charge in [-0.25, -0.2) is 4.79 Å². The lowest BCUT2D eigenvalue weighted by molar-refractivity contribution is 0.251. The Morgan fingerprint density at radius 2 is 2.04 bits per heavy atom. The SMILES string of the molecule is CCCCc1nnc(NC(=O)NCc2cccc(CN(C)CC)c2)s1. The van der Waals surface area contributed by atoms with Gasteiger partial charge in [-0.05, 0) is 31.1 Å². The lowest BCUT2D eigenvalue weighted by atomic mass is 10.1. The van der Waals surface area contributed by atoms with Crippen LogP contribution in [0.5, 0.6) is 0 Å². The molecule has 0 aliphatic heterocycles. The fraction of sp³-hybridized carbons (Fsp3) is 0.500. The van der Waals surface area contributed by atoms with Crippen molar-refractivity contribution in [1.82, 2.24) is 20.4 Å². The van der Waals surface area contributed by atoms with Gasteiger partial charge in [0.05, 0.1) is 0 Å². The zero-order valence-electron chi connectivity index (χ0n) is 15.2. The highest BCUT2D eigenvalue weighted by Gasteiger charge is 2.08. The van der Waals surface area contributed by atoms with E-state index in [-0.39, 0.29) is 6.03 Å². The summed E-state index contributed by atoms with van der Waals surface area (Å²) in [5.41, 5.74) is 2.33. The van der Waals surface area contributed by atoms with E-state index >= 15 is 0 Å². The Morgan fingerprint density at radius 1 is 1.24 bits per heavy atom. The molecule has 0 spiro atoms. The molecule has 7 heteroatoms. The van der Waals surface area contributed by atoms with Gasteiger partial charge in [-0.2, -0.15) is 0 Å². The minimum Gasteiger partial charge on any atom is -0.334 e. The van der Waals surface area contributed by atoms with Gasteiger partial charge in [0, 0.05) is 19.5 Å². The van der Waals surface area contributed by atoms with Crippen molar-refractivity contribution in [1.29, 1.82) is 0 Å². The number of hydrogen-bond acceptors (Lipinski definition) is 5. The van der Waals surface area contributed by atoms with Crippen molar-refractivity contribution in [2.75, 3.05) is 18.9 Å². The van der Waals surface area contributed by atoms with Crippen molar-refractivity contribution < 1.29 is 4.79 Å². The van der Waals surface area contributed by atoms with E-state index in [0.717, 1.165) is 42.9 Å². The third kappa shape index (κ3) is 6.80. The molecule has 6 nitrogen and oxygen atoms in total. The van der Waals surface area contributed by atoms with Crippen molar-refractivity contribution in [3.8, 4) is 0 Å². The number of rotatable bonds is 9. The van der Waals surface area contributed by atoms with Crippen molar-refractivity contribution in [3.63, 3.8) is 0 Å². The Labute approximate surface area is 153 Å². The average Bonchev–Trinajstić information content (AvgIpc) is 3.05. The number of amides is 2. The number of hydrogen-bond donors (Lipinski definition) is 2. The van der Waals surface area contributed by atoms with E-state index in [1.165, 1.54) is 16.9 Å². The first-order chi connectivity index (χ1) is 12.1. The average molecular weight is 362 g/mol. The van der Waals surface area contributed by atoms with Crippen LogP contribution in [0.25, 0.3) is 0 Å². The molecule has 2 rings (SSSR count). The summed E-state index contributed by atoms with van der Waals surface area (Å²) >= 11 is 1.43. The molecule has 0 radical (unpaired) electrons. The van der Waals surface area contributed by atoms with Gasteiger partial charge in [0.25, 0.3) is 0 Å². The number of aromatic nitrogens is 2. The minimum atomic E-state index is -0.255. The summed E-state index contributed by atoms with van der Waals surface area (Å²) in [7, 11) is 2.09. The lowest BCUT2D eigenvalue weighted by Gasteiger charge is -2.14. The fourth-order valence-corrected chi connectivity index (χ4v) is 3.09. The van der Waals surface area contributed by atoms with Crippen molar-refractivity contribution in [2.45, 2.75) is 46.2 Å². The van der Waals surface area contributed by atoms with Crippen molar-refractivity contribution in [2.24, 2.45) is 0 Å². The van der Waals surface area contributed by atoms with E-state index in [9.17, 15) is 4.79 Å². The zero-order chi connectivity index (χ0) is 18.1. The highest BCUT2D eigenvalue weighted by atomic mass is 32.1. The summed E-state index contributed by atoms with van der Waals surface area (Å²) in [5.74, 6) is 0. The Kier molecular flexibility index (Phi) is 7.81. The second-order valence-electron chi connectivity index (χ2n) is 6.06. The van der Waals surface area contributed by atoms with Gasteiger partial charge in [0.15, 0.2) is 0 Å². The highest BCUT2D eigenvalue weighted by Crippen LogP contribution is 2.17. The van der Waals surface area contributed by atoms with Crippen LogP contribution in [-0.2, 0) is 19.5 Å². The monoisotopic (exact) mass is 361 g/mol. The number of nitrogens with one attached hydrogen (secondary N) is 2. The molecule has 0 saturated carbocycles. The molecule has 136 valence electrons. The second-order valence-corrected chi connectivity index (χ2v) is 7.12. The summed E-state index contributed by atoms with van der Waals surface area (Å²) < 4.78 is 0. The maximum absolute atomic E-state index is 12.0. The number of unbranched alkanes of at least 4 members (excludes halogenated alkanes) is 1. The molecule has 1 aromatic carbocycles. The molecule has 0 fully saturated rings. The number of carbonyl (C=O) groups excluding carboxylic acids is 1. The summed E-state index contributed by atoms with van der Waals surface area (Å²) in [6, 6.07) is 8.02. The first kappa shape index (κ1) is 19.3. The van der Waals surface area contributed by atoms with Crippen LogP contribution in [0.15, 0.2) is 24.3 Å². The van der Waals surface area contributed by atoms with Crippen LogP contribution in [-0.4, -0.2) is 34.7 Å². The third-order valence-corrected chi connectivity index (χ3v) is 4.77. The van der Waals surface area contributed by atoms with Crippen molar-refractivity contribution in [3.05, 3.63) is 40.4 Å². The number of aryl methyl sites for hydroxylation is 1. The molecular formula is C18H27N5OS. The van der Waals surface area contributed by atoms with E-state index in [0.29, 0.717) is 11.7 Å². The van der Waals surface area contributed by atoms with Gasteiger partial charge < -0.3 is 10.2 Å². The van der Waals surface area contributed by atoms with E-state index < -0.39 is 0 Å². The molecule has 0 aliphatic carbocycles. The molecule has 0 unspecified atom stereocenters. The van der Waals surface area contributed by atoms with Gasteiger partial charge in [0.2, 0.25) is 5.13 Å². The van der Waals surface area contributed by atoms with Gasteiger partial charge in [-0.15, -0.1) is 10.2 Å². The lowest BCUT2D eigenvalue weighted by Crippen LogP contribution is -2.28. The number of benzene rings is 1. The number of urea groups is 1. The molecule has 0 atom stereocenters. The second kappa shape index (κ2) is 10.1. The quantitative estimate of drug-likeness (QED) is 0.715. The summed E-state index contributed by atoms with van der Waals surface area (Å²) in [4.78, 5) is 14.3. The van der Waals surface area contributed by atoms with Crippen LogP contribution in [0, 0.1) is 0 Å². The topological polar surface area (TPSA) is 70.1 Å². The molecule has 2 N–H and O–H groups in total. The maximum atomic E-state index is 12.0. The number of carbonyl (C=O) groups is 1. The first-order valence-corrected chi connectivity index (χ1v) is 9.56. The van der Waals surface area contributed by atoms with Crippen LogP contribution in [0.2, 0.25) is 0 Å². The predicted octanol–water partition coefficient (Wildman–Crippen LogP) is 3.65. The standard InChI is InChI=1S/C18H27N5OS/c1-4-6-10-16-21-22-18(25-16)20-17(24)19-12-14-8-7-9-15(11-14)13-23(3)5-2/h7-9,11H,4-6,10,12-13H2,1-3H3,(H2,19,20,22,24). The summed E-state index contributed by atoms with van der Waals surface area (Å²) in [6.07, 6.45) is 3.12. The number of anilines is 1. The summed E-state index contributed by atoms with van der Waals surface area (Å²) in [5, 5.41) is 15.2. The molecule has 2 amide bonds. The van der Waals surface area contributed by atoms with Crippen LogP contribution < -0.4 is 10.6 Å². The number of nitrogens with zero attached hydrogens (tertiary/aromatic N) is 3. The largest absolute Gasteiger partial charge is 0.334 e. The normalized spacial score (nSPS) is 10.9. The highest BCUT2D eigenvalue weighted by molar-refractivity contribution is 7.15. The van der Waals surface area contributed by atoms with E-state index in [2.05, 4.69) is 58.8 Å². The Morgan fingerprint density at radius 3 is 2.80 bits per heavy atom. The van der Waals surface area contributed by atoms with Crippen LogP contribution in [0.1, 0.15) is 42.8 Å². The van der Waals surface area contributed by atoms with Gasteiger partial charge in [-0.3, -0.25) is 5.32 Å². The molecule has 2 aromatic rings. The Balaban J connectivity index is 1.81. The Hall–Kier alpha value is -1.99. The molecule has 0 bridgehead atoms. The smallest absolute Gasteiger partial charge is 0.321 e. The van der Waals surface area contributed by atoms with E-state index in [4.69, 9.17) is 0 Å². The molecule has 25 heavy (non-hydrogen) atoms. The van der Waals surface area contributed by atoms with Crippen molar-refractivity contribution >= 4 is 22.5 Å².